The molecule has 1 heterocycles. The molecule has 9 nitrogen and oxygen atoms in total. The number of sulfonamides is 1. The zero-order chi connectivity index (χ0) is 29.5. The van der Waals surface area contributed by atoms with Gasteiger partial charge < -0.3 is 19.7 Å². The van der Waals surface area contributed by atoms with Crippen LogP contribution in [0.2, 0.25) is 0 Å². The first-order valence-corrected chi connectivity index (χ1v) is 15.0. The van der Waals surface area contributed by atoms with E-state index in [0.29, 0.717) is 35.8 Å². The molecule has 0 spiro atoms. The van der Waals surface area contributed by atoms with Gasteiger partial charge in [0.2, 0.25) is 0 Å². The van der Waals surface area contributed by atoms with Crippen molar-refractivity contribution in [3.8, 4) is 11.5 Å². The Morgan fingerprint density at radius 1 is 0.905 bits per heavy atom. The fourth-order valence-corrected chi connectivity index (χ4v) is 5.53. The van der Waals surface area contributed by atoms with E-state index >= 15 is 0 Å². The molecule has 1 atom stereocenters. The predicted octanol–water partition coefficient (Wildman–Crippen LogP) is 4.33. The molecule has 4 aromatic rings. The van der Waals surface area contributed by atoms with Crippen LogP contribution in [0.15, 0.2) is 108 Å². The molecule has 0 fully saturated rings. The van der Waals surface area contributed by atoms with Crippen molar-refractivity contribution < 1.29 is 27.5 Å². The second kappa shape index (κ2) is 12.8. The number of nitrogens with zero attached hydrogens (tertiary/aromatic N) is 1. The van der Waals surface area contributed by atoms with Crippen molar-refractivity contribution in [2.45, 2.75) is 24.3 Å². The van der Waals surface area contributed by atoms with Gasteiger partial charge in [-0.25, -0.2) is 8.42 Å². The highest BCUT2D eigenvalue weighted by atomic mass is 32.2. The Labute approximate surface area is 245 Å². The second-order valence-corrected chi connectivity index (χ2v) is 11.5. The van der Waals surface area contributed by atoms with Crippen LogP contribution in [0.1, 0.15) is 11.1 Å². The van der Waals surface area contributed by atoms with Gasteiger partial charge in [-0.1, -0.05) is 60.2 Å². The van der Waals surface area contributed by atoms with E-state index in [1.807, 2.05) is 49.4 Å². The van der Waals surface area contributed by atoms with Gasteiger partial charge in [0.25, 0.3) is 21.8 Å². The molecule has 5 rings (SSSR count). The fourth-order valence-electron chi connectivity index (χ4n) is 4.47. The highest BCUT2D eigenvalue weighted by molar-refractivity contribution is 7.92. The number of carbonyl (C=O) groups excluding carboxylic acids is 2. The Kier molecular flexibility index (Phi) is 8.73. The summed E-state index contributed by atoms with van der Waals surface area (Å²) in [5.41, 5.74) is 3.13. The lowest BCUT2D eigenvalue weighted by atomic mass is 10.1. The first-order valence-electron chi connectivity index (χ1n) is 13.5. The van der Waals surface area contributed by atoms with Crippen LogP contribution >= 0.6 is 0 Å². The zero-order valence-electron chi connectivity index (χ0n) is 23.0. The average Bonchev–Trinajstić information content (AvgIpc) is 3.01. The van der Waals surface area contributed by atoms with Crippen LogP contribution in [0, 0.1) is 6.92 Å². The van der Waals surface area contributed by atoms with E-state index in [4.69, 9.17) is 9.47 Å². The number of hydrogen-bond acceptors (Lipinski definition) is 6. The van der Waals surface area contributed by atoms with E-state index in [9.17, 15) is 18.0 Å². The van der Waals surface area contributed by atoms with E-state index < -0.39 is 16.1 Å². The summed E-state index contributed by atoms with van der Waals surface area (Å²) < 4.78 is 39.7. The Morgan fingerprint density at radius 2 is 1.60 bits per heavy atom. The summed E-state index contributed by atoms with van der Waals surface area (Å²) in [7, 11) is -3.79. The normalized spacial score (nSPS) is 14.3. The molecular weight excluding hydrogens is 554 g/mol. The van der Waals surface area contributed by atoms with Crippen molar-refractivity contribution in [1.82, 2.24) is 5.32 Å². The number of carbonyl (C=O) groups is 2. The average molecular weight is 586 g/mol. The largest absolute Gasteiger partial charge is 0.484 e. The smallest absolute Gasteiger partial charge is 0.265 e. The summed E-state index contributed by atoms with van der Waals surface area (Å²) in [6, 6.07) is 29.7. The molecule has 2 N–H and O–H groups in total. The summed E-state index contributed by atoms with van der Waals surface area (Å²) in [6.45, 7) is 2.07. The molecule has 0 radical (unpaired) electrons. The van der Waals surface area contributed by atoms with Crippen LogP contribution in [-0.4, -0.2) is 46.0 Å². The molecule has 0 bridgehead atoms. The molecule has 0 saturated heterocycles. The molecule has 0 saturated carbocycles. The van der Waals surface area contributed by atoms with Crippen molar-refractivity contribution in [1.29, 1.82) is 0 Å². The number of nitrogens with one attached hydrogen (secondary N) is 2. The number of hydrogen-bond donors (Lipinski definition) is 2. The monoisotopic (exact) mass is 585 g/mol. The van der Waals surface area contributed by atoms with E-state index in [1.165, 1.54) is 29.2 Å². The van der Waals surface area contributed by atoms with Gasteiger partial charge in [-0.05, 0) is 67.4 Å². The number of aryl methyl sites for hydroxylation is 1. The lowest BCUT2D eigenvalue weighted by Crippen LogP contribution is -2.52. The highest BCUT2D eigenvalue weighted by Crippen LogP contribution is 2.33. The van der Waals surface area contributed by atoms with Gasteiger partial charge in [0.1, 0.15) is 11.5 Å². The standard InChI is InChI=1S/C32H31N3O6S/c1-23-11-13-25(14-12-23)34-42(38,39)27-17-15-26(16-18-27)40-22-31(36)35-21-30(41-29-10-6-5-9-28(29)35)32(37)33-20-19-24-7-3-2-4-8-24/h2-18,30,34H,19-22H2,1H3,(H,33,37)/t30-/m0/s1. The van der Waals surface area contributed by atoms with Crippen LogP contribution in [0.4, 0.5) is 11.4 Å². The third-order valence-electron chi connectivity index (χ3n) is 6.72. The van der Waals surface area contributed by atoms with Gasteiger partial charge in [0.05, 0.1) is 17.1 Å². The van der Waals surface area contributed by atoms with Crippen LogP contribution in [0.25, 0.3) is 0 Å². The Bertz CT molecular complexity index is 1640. The predicted molar refractivity (Wildman–Crippen MR) is 160 cm³/mol. The molecule has 2 amide bonds. The first kappa shape index (κ1) is 28.7. The zero-order valence-corrected chi connectivity index (χ0v) is 23.8. The van der Waals surface area contributed by atoms with Crippen molar-refractivity contribution in [2.24, 2.45) is 0 Å². The number of benzene rings is 4. The van der Waals surface area contributed by atoms with Gasteiger partial charge in [-0.15, -0.1) is 0 Å². The van der Waals surface area contributed by atoms with Crippen molar-refractivity contribution in [3.05, 3.63) is 114 Å². The third kappa shape index (κ3) is 7.08. The van der Waals surface area contributed by atoms with Gasteiger partial charge in [0, 0.05) is 12.2 Å². The molecule has 0 unspecified atom stereocenters. The molecule has 216 valence electrons. The summed E-state index contributed by atoms with van der Waals surface area (Å²) in [5.74, 6) is 0.0751. The van der Waals surface area contributed by atoms with Gasteiger partial charge >= 0.3 is 0 Å². The number of rotatable bonds is 10. The van der Waals surface area contributed by atoms with Crippen molar-refractivity contribution in [3.63, 3.8) is 0 Å². The van der Waals surface area contributed by atoms with Crippen LogP contribution in [-0.2, 0) is 26.0 Å². The SMILES string of the molecule is Cc1ccc(NS(=O)(=O)c2ccc(OCC(=O)N3C[C@@H](C(=O)NCCc4ccccc4)Oc4ccccc43)cc2)cc1. The van der Waals surface area contributed by atoms with Gasteiger partial charge in [0.15, 0.2) is 12.7 Å². The minimum absolute atomic E-state index is 0.0260. The Hall–Kier alpha value is -4.83. The lowest BCUT2D eigenvalue weighted by Gasteiger charge is -2.34. The molecule has 0 aromatic heterocycles. The quantitative estimate of drug-likeness (QED) is 0.287. The van der Waals surface area contributed by atoms with E-state index in [-0.39, 0.29) is 29.9 Å². The maximum Gasteiger partial charge on any atom is 0.265 e. The topological polar surface area (TPSA) is 114 Å². The van der Waals surface area contributed by atoms with Gasteiger partial charge in [-0.2, -0.15) is 0 Å². The minimum atomic E-state index is -3.79. The van der Waals surface area contributed by atoms with E-state index in [1.54, 1.807) is 36.4 Å². The number of fused-ring (bicyclic) bond motifs is 1. The number of amides is 2. The lowest BCUT2D eigenvalue weighted by molar-refractivity contribution is -0.128. The summed E-state index contributed by atoms with van der Waals surface area (Å²) in [4.78, 5) is 27.7. The van der Waals surface area contributed by atoms with Crippen LogP contribution in [0.3, 0.4) is 0 Å². The van der Waals surface area contributed by atoms with E-state index in [2.05, 4.69) is 10.0 Å². The minimum Gasteiger partial charge on any atom is -0.484 e. The Balaban J connectivity index is 1.19. The molecule has 42 heavy (non-hydrogen) atoms. The molecule has 1 aliphatic heterocycles. The van der Waals surface area contributed by atoms with Crippen molar-refractivity contribution in [2.75, 3.05) is 29.3 Å². The fraction of sp³-hybridized carbons (Fsp3) is 0.188. The molecular formula is C32H31N3O6S. The highest BCUT2D eigenvalue weighted by Gasteiger charge is 2.33. The molecule has 0 aliphatic carbocycles. The second-order valence-electron chi connectivity index (χ2n) is 9.84. The third-order valence-corrected chi connectivity index (χ3v) is 8.12. The molecule has 10 heteroatoms. The molecule has 4 aromatic carbocycles. The van der Waals surface area contributed by atoms with Crippen molar-refractivity contribution >= 4 is 33.2 Å². The maximum absolute atomic E-state index is 13.3. The maximum atomic E-state index is 13.3. The Morgan fingerprint density at radius 3 is 2.33 bits per heavy atom. The summed E-state index contributed by atoms with van der Waals surface area (Å²) in [5, 5.41) is 2.90. The van der Waals surface area contributed by atoms with Crippen LogP contribution < -0.4 is 24.4 Å². The first-order chi connectivity index (χ1) is 20.3. The van der Waals surface area contributed by atoms with Crippen LogP contribution in [0.5, 0.6) is 11.5 Å². The van der Waals surface area contributed by atoms with Gasteiger partial charge in [-0.3, -0.25) is 14.3 Å². The summed E-state index contributed by atoms with van der Waals surface area (Å²) >= 11 is 0. The number of anilines is 2. The summed E-state index contributed by atoms with van der Waals surface area (Å²) in [6.07, 6.45) is -0.209. The molecule has 1 aliphatic rings. The number of para-hydroxylation sites is 2. The van der Waals surface area contributed by atoms with E-state index in [0.717, 1.165) is 11.1 Å². The number of ether oxygens (including phenoxy) is 2.